The molecule has 2 fully saturated rings. The summed E-state index contributed by atoms with van der Waals surface area (Å²) in [6, 6.07) is -0.589. The molecule has 0 aromatic rings. The van der Waals surface area contributed by atoms with E-state index in [-0.39, 0.29) is 18.2 Å². The molecule has 2 saturated heterocycles. The Bertz CT molecular complexity index is 451. The van der Waals surface area contributed by atoms with Crippen LogP contribution in [0.2, 0.25) is 0 Å². The standard InChI is InChI=1S/C15H24N2O4/c1-3-6-15(14(20)21)7-5-9-17(15)11-10-12(18)16(8-4-2)13(11)19/h11H,3-10H2,1-2H3,(H,20,21). The van der Waals surface area contributed by atoms with E-state index in [1.807, 2.05) is 13.8 Å². The zero-order chi connectivity index (χ0) is 15.6. The molecule has 2 rings (SSSR count). The second-order valence-corrected chi connectivity index (χ2v) is 5.99. The lowest BCUT2D eigenvalue weighted by Gasteiger charge is -2.37. The van der Waals surface area contributed by atoms with E-state index in [2.05, 4.69) is 0 Å². The Morgan fingerprint density at radius 1 is 1.33 bits per heavy atom. The molecular weight excluding hydrogens is 272 g/mol. The summed E-state index contributed by atoms with van der Waals surface area (Å²) >= 11 is 0. The summed E-state index contributed by atoms with van der Waals surface area (Å²) in [4.78, 5) is 39.4. The van der Waals surface area contributed by atoms with E-state index < -0.39 is 17.6 Å². The molecule has 2 atom stereocenters. The lowest BCUT2D eigenvalue weighted by molar-refractivity contribution is -0.153. The van der Waals surface area contributed by atoms with Crippen molar-refractivity contribution < 1.29 is 19.5 Å². The summed E-state index contributed by atoms with van der Waals surface area (Å²) in [5, 5.41) is 9.70. The maximum Gasteiger partial charge on any atom is 0.324 e. The van der Waals surface area contributed by atoms with Crippen LogP contribution < -0.4 is 0 Å². The highest BCUT2D eigenvalue weighted by atomic mass is 16.4. The first-order valence-corrected chi connectivity index (χ1v) is 7.82. The summed E-state index contributed by atoms with van der Waals surface area (Å²) in [6.07, 6.45) is 3.44. The molecule has 2 aliphatic rings. The Morgan fingerprint density at radius 3 is 2.62 bits per heavy atom. The number of likely N-dealkylation sites (tertiary alicyclic amines) is 2. The Balaban J connectivity index is 2.26. The molecule has 0 aliphatic carbocycles. The van der Waals surface area contributed by atoms with Crippen LogP contribution in [0.25, 0.3) is 0 Å². The third-order valence-corrected chi connectivity index (χ3v) is 4.64. The van der Waals surface area contributed by atoms with E-state index in [0.717, 1.165) is 19.3 Å². The van der Waals surface area contributed by atoms with Gasteiger partial charge in [0.15, 0.2) is 0 Å². The average Bonchev–Trinajstić information content (AvgIpc) is 2.96. The number of hydrogen-bond acceptors (Lipinski definition) is 4. The third kappa shape index (κ3) is 2.57. The van der Waals surface area contributed by atoms with Crippen LogP contribution in [0.15, 0.2) is 0 Å². The lowest BCUT2D eigenvalue weighted by atomic mass is 9.89. The van der Waals surface area contributed by atoms with Crippen LogP contribution in [-0.4, -0.2) is 57.4 Å². The first kappa shape index (κ1) is 15.9. The summed E-state index contributed by atoms with van der Waals surface area (Å²) in [6.45, 7) is 4.88. The fraction of sp³-hybridized carbons (Fsp3) is 0.800. The fourth-order valence-electron chi connectivity index (χ4n) is 3.74. The first-order chi connectivity index (χ1) is 9.97. The van der Waals surface area contributed by atoms with Gasteiger partial charge in [-0.1, -0.05) is 20.3 Å². The summed E-state index contributed by atoms with van der Waals surface area (Å²) < 4.78 is 0. The van der Waals surface area contributed by atoms with Crippen molar-refractivity contribution in [1.29, 1.82) is 0 Å². The van der Waals surface area contributed by atoms with Gasteiger partial charge < -0.3 is 5.11 Å². The molecule has 0 spiro atoms. The maximum atomic E-state index is 12.5. The quantitative estimate of drug-likeness (QED) is 0.746. The average molecular weight is 296 g/mol. The molecule has 2 heterocycles. The van der Waals surface area contributed by atoms with Gasteiger partial charge in [-0.3, -0.25) is 24.2 Å². The van der Waals surface area contributed by atoms with Crippen molar-refractivity contribution in [2.75, 3.05) is 13.1 Å². The van der Waals surface area contributed by atoms with Crippen LogP contribution >= 0.6 is 0 Å². The van der Waals surface area contributed by atoms with Crippen molar-refractivity contribution in [2.45, 2.75) is 64.0 Å². The van der Waals surface area contributed by atoms with Crippen LogP contribution in [0.4, 0.5) is 0 Å². The topological polar surface area (TPSA) is 77.9 Å². The minimum atomic E-state index is -0.975. The van der Waals surface area contributed by atoms with E-state index in [1.54, 1.807) is 4.90 Å². The number of rotatable bonds is 6. The number of carboxylic acids is 1. The van der Waals surface area contributed by atoms with E-state index in [4.69, 9.17) is 0 Å². The number of amides is 2. The Morgan fingerprint density at radius 2 is 2.05 bits per heavy atom. The number of carbonyl (C=O) groups is 3. The number of carboxylic acid groups (broad SMARTS) is 1. The number of nitrogens with zero attached hydrogens (tertiary/aromatic N) is 2. The van der Waals surface area contributed by atoms with Crippen LogP contribution in [-0.2, 0) is 14.4 Å². The molecule has 2 unspecified atom stereocenters. The van der Waals surface area contributed by atoms with Gasteiger partial charge in [-0.2, -0.15) is 0 Å². The zero-order valence-electron chi connectivity index (χ0n) is 12.8. The van der Waals surface area contributed by atoms with Crippen LogP contribution in [0, 0.1) is 0 Å². The summed E-state index contributed by atoms with van der Waals surface area (Å²) in [7, 11) is 0. The molecule has 0 aromatic carbocycles. The predicted molar refractivity (Wildman–Crippen MR) is 76.6 cm³/mol. The van der Waals surface area contributed by atoms with Crippen molar-refractivity contribution in [2.24, 2.45) is 0 Å². The molecule has 1 N–H and O–H groups in total. The minimum absolute atomic E-state index is 0.123. The normalized spacial score (nSPS) is 30.4. The molecule has 118 valence electrons. The van der Waals surface area contributed by atoms with E-state index in [0.29, 0.717) is 25.9 Å². The van der Waals surface area contributed by atoms with Crippen molar-refractivity contribution in [3.05, 3.63) is 0 Å². The number of aliphatic carboxylic acids is 1. The van der Waals surface area contributed by atoms with Gasteiger partial charge in [0.2, 0.25) is 11.8 Å². The molecular formula is C15H24N2O4. The van der Waals surface area contributed by atoms with Crippen molar-refractivity contribution >= 4 is 17.8 Å². The highest BCUT2D eigenvalue weighted by Crippen LogP contribution is 2.38. The van der Waals surface area contributed by atoms with Crippen LogP contribution in [0.5, 0.6) is 0 Å². The van der Waals surface area contributed by atoms with Gasteiger partial charge in [-0.05, 0) is 25.7 Å². The number of imide groups is 1. The van der Waals surface area contributed by atoms with Gasteiger partial charge in [0.1, 0.15) is 5.54 Å². The van der Waals surface area contributed by atoms with Crippen molar-refractivity contribution in [3.8, 4) is 0 Å². The molecule has 2 amide bonds. The van der Waals surface area contributed by atoms with Gasteiger partial charge in [-0.15, -0.1) is 0 Å². The molecule has 2 aliphatic heterocycles. The SMILES string of the molecule is CCCN1C(=O)CC(N2CCCC2(CCC)C(=O)O)C1=O. The van der Waals surface area contributed by atoms with Gasteiger partial charge in [0.25, 0.3) is 0 Å². The fourth-order valence-corrected chi connectivity index (χ4v) is 3.74. The zero-order valence-corrected chi connectivity index (χ0v) is 12.8. The van der Waals surface area contributed by atoms with Crippen LogP contribution in [0.3, 0.4) is 0 Å². The van der Waals surface area contributed by atoms with Crippen molar-refractivity contribution in [1.82, 2.24) is 9.80 Å². The third-order valence-electron chi connectivity index (χ3n) is 4.64. The van der Waals surface area contributed by atoms with Gasteiger partial charge in [0.05, 0.1) is 12.5 Å². The first-order valence-electron chi connectivity index (χ1n) is 7.82. The number of carbonyl (C=O) groups excluding carboxylic acids is 2. The highest BCUT2D eigenvalue weighted by Gasteiger charge is 2.54. The molecule has 21 heavy (non-hydrogen) atoms. The summed E-state index contributed by atoms with van der Waals surface area (Å²) in [5.74, 6) is -1.25. The Hall–Kier alpha value is -1.43. The van der Waals surface area contributed by atoms with E-state index in [9.17, 15) is 19.5 Å². The van der Waals surface area contributed by atoms with E-state index >= 15 is 0 Å². The second-order valence-electron chi connectivity index (χ2n) is 5.99. The van der Waals surface area contributed by atoms with Gasteiger partial charge in [-0.25, -0.2) is 0 Å². The molecule has 0 bridgehead atoms. The largest absolute Gasteiger partial charge is 0.480 e. The Kier molecular flexibility index (Phi) is 4.66. The van der Waals surface area contributed by atoms with E-state index in [1.165, 1.54) is 4.90 Å². The summed E-state index contributed by atoms with van der Waals surface area (Å²) in [5.41, 5.74) is -0.975. The molecule has 0 radical (unpaired) electrons. The van der Waals surface area contributed by atoms with Gasteiger partial charge in [0, 0.05) is 13.1 Å². The monoisotopic (exact) mass is 296 g/mol. The predicted octanol–water partition coefficient (Wildman–Crippen LogP) is 1.24. The second kappa shape index (κ2) is 6.13. The molecule has 0 saturated carbocycles. The molecule has 6 heteroatoms. The smallest absolute Gasteiger partial charge is 0.324 e. The maximum absolute atomic E-state index is 12.5. The van der Waals surface area contributed by atoms with Crippen LogP contribution in [0.1, 0.15) is 52.4 Å². The number of hydrogen-bond donors (Lipinski definition) is 1. The van der Waals surface area contributed by atoms with Crippen molar-refractivity contribution in [3.63, 3.8) is 0 Å². The minimum Gasteiger partial charge on any atom is -0.480 e. The molecule has 6 nitrogen and oxygen atoms in total. The Labute approximate surface area is 125 Å². The van der Waals surface area contributed by atoms with Gasteiger partial charge >= 0.3 is 5.97 Å². The molecule has 0 aromatic heterocycles. The highest BCUT2D eigenvalue weighted by molar-refractivity contribution is 6.05. The lowest BCUT2D eigenvalue weighted by Crippen LogP contribution is -2.56.